The number of carbonyl (C=O) groups is 3. The molecule has 0 radical (unpaired) electrons. The highest BCUT2D eigenvalue weighted by Crippen LogP contribution is 1.97. The molecule has 0 fully saturated rings. The Balaban J connectivity index is 0. The summed E-state index contributed by atoms with van der Waals surface area (Å²) >= 11 is 0. The molecule has 0 aromatic heterocycles. The van der Waals surface area contributed by atoms with Gasteiger partial charge in [0.1, 0.15) is 6.10 Å². The highest BCUT2D eigenvalue weighted by Gasteiger charge is 2.08. The maximum absolute atomic E-state index is 10.4. The van der Waals surface area contributed by atoms with Crippen LogP contribution in [0.4, 0.5) is 4.79 Å². The van der Waals surface area contributed by atoms with Crippen LogP contribution in [0, 0.1) is 0 Å². The summed E-state index contributed by atoms with van der Waals surface area (Å²) in [7, 11) is 0. The maximum atomic E-state index is 10.4. The van der Waals surface area contributed by atoms with Gasteiger partial charge in [0.05, 0.1) is 13.2 Å². The van der Waals surface area contributed by atoms with Crippen LogP contribution in [-0.2, 0) is 14.3 Å². The van der Waals surface area contributed by atoms with Crippen LogP contribution in [-0.4, -0.2) is 62.9 Å². The summed E-state index contributed by atoms with van der Waals surface area (Å²) in [4.78, 5) is 30.1. The largest absolute Gasteiger partial charge is 0.513 e. The van der Waals surface area contributed by atoms with Crippen molar-refractivity contribution in [1.82, 2.24) is 0 Å². The molecule has 0 unspecified atom stereocenters. The third-order valence-corrected chi connectivity index (χ3v) is 1.39. The zero-order valence-electron chi connectivity index (χ0n) is 9.48. The number of ether oxygens (including phenoxy) is 1. The number of rotatable bonds is 6. The SMILES string of the molecule is O=C(O)CCCC(=O)OC(=O)O.OCC(O)CO. The first kappa shape index (κ1) is 18.6. The fourth-order valence-corrected chi connectivity index (χ4v) is 0.590. The second-order valence-electron chi connectivity index (χ2n) is 3.01. The standard InChI is InChI=1S/C6H8O6.C3H8O3/c7-4(8)2-1-3-5(9)12-6(10)11;4-1-3(6)2-5/h1-3H2,(H,7,8)(H,10,11);3-6H,1-2H2. The predicted octanol–water partition coefficient (Wildman–Crippen LogP) is -1.21. The maximum Gasteiger partial charge on any atom is 0.513 e. The van der Waals surface area contributed by atoms with E-state index in [1.165, 1.54) is 0 Å². The van der Waals surface area contributed by atoms with Crippen molar-refractivity contribution >= 4 is 18.1 Å². The lowest BCUT2D eigenvalue weighted by molar-refractivity contribution is -0.139. The first-order valence-electron chi connectivity index (χ1n) is 4.88. The number of carboxylic acids is 1. The quantitative estimate of drug-likeness (QED) is 0.294. The second-order valence-corrected chi connectivity index (χ2v) is 3.01. The van der Waals surface area contributed by atoms with Crippen molar-refractivity contribution in [1.29, 1.82) is 0 Å². The summed E-state index contributed by atoms with van der Waals surface area (Å²) in [6, 6.07) is 0. The van der Waals surface area contributed by atoms with Gasteiger partial charge < -0.3 is 30.3 Å². The molecule has 106 valence electrons. The van der Waals surface area contributed by atoms with E-state index in [9.17, 15) is 14.4 Å². The van der Waals surface area contributed by atoms with E-state index in [-0.39, 0.29) is 32.5 Å². The molecule has 18 heavy (non-hydrogen) atoms. The predicted molar refractivity (Wildman–Crippen MR) is 55.8 cm³/mol. The van der Waals surface area contributed by atoms with Crippen molar-refractivity contribution in [2.24, 2.45) is 0 Å². The lowest BCUT2D eigenvalue weighted by Crippen LogP contribution is -2.15. The number of aliphatic carboxylic acids is 1. The number of aliphatic hydroxyl groups excluding tert-OH is 3. The average Bonchev–Trinajstić information content (AvgIpc) is 2.27. The van der Waals surface area contributed by atoms with Gasteiger partial charge in [-0.2, -0.15) is 0 Å². The van der Waals surface area contributed by atoms with Gasteiger partial charge in [0.25, 0.3) is 0 Å². The molecule has 5 N–H and O–H groups in total. The summed E-state index contributed by atoms with van der Waals surface area (Å²) in [6.45, 7) is -0.729. The van der Waals surface area contributed by atoms with E-state index in [1.807, 2.05) is 0 Å². The zero-order chi connectivity index (χ0) is 14.6. The van der Waals surface area contributed by atoms with Gasteiger partial charge in [0, 0.05) is 12.8 Å². The van der Waals surface area contributed by atoms with E-state index in [2.05, 4.69) is 4.74 Å². The molecule has 9 heteroatoms. The third kappa shape index (κ3) is 16.7. The molecular weight excluding hydrogens is 252 g/mol. The molecule has 0 spiro atoms. The Kier molecular flexibility index (Phi) is 12.2. The molecule has 0 atom stereocenters. The molecule has 0 rings (SSSR count). The van der Waals surface area contributed by atoms with Crippen LogP contribution in [0.2, 0.25) is 0 Å². The van der Waals surface area contributed by atoms with Crippen LogP contribution in [0.5, 0.6) is 0 Å². The number of aliphatic hydroxyl groups is 3. The fraction of sp³-hybridized carbons (Fsp3) is 0.667. The van der Waals surface area contributed by atoms with Crippen LogP contribution < -0.4 is 0 Å². The molecule has 0 saturated heterocycles. The van der Waals surface area contributed by atoms with Crippen molar-refractivity contribution in [3.63, 3.8) is 0 Å². The molecule has 0 aromatic carbocycles. The lowest BCUT2D eigenvalue weighted by atomic mass is 10.2. The number of carboxylic acid groups (broad SMARTS) is 2. The summed E-state index contributed by atoms with van der Waals surface area (Å²) in [6.07, 6.45) is -2.91. The Morgan fingerprint density at radius 1 is 1.00 bits per heavy atom. The van der Waals surface area contributed by atoms with Gasteiger partial charge in [-0.25, -0.2) is 4.79 Å². The Morgan fingerprint density at radius 3 is 1.78 bits per heavy atom. The number of carbonyl (C=O) groups excluding carboxylic acids is 1. The Labute approximate surface area is 102 Å². The van der Waals surface area contributed by atoms with E-state index in [0.29, 0.717) is 0 Å². The molecule has 0 aromatic rings. The second kappa shape index (κ2) is 11.8. The normalized spacial score (nSPS) is 9.33. The average molecular weight is 268 g/mol. The Morgan fingerprint density at radius 2 is 1.50 bits per heavy atom. The highest BCUT2D eigenvalue weighted by molar-refractivity contribution is 5.81. The van der Waals surface area contributed by atoms with Crippen molar-refractivity contribution in [2.45, 2.75) is 25.4 Å². The molecule has 0 amide bonds. The van der Waals surface area contributed by atoms with E-state index in [4.69, 9.17) is 25.5 Å². The molecule has 9 nitrogen and oxygen atoms in total. The van der Waals surface area contributed by atoms with Crippen LogP contribution >= 0.6 is 0 Å². The van der Waals surface area contributed by atoms with Crippen molar-refractivity contribution in [3.8, 4) is 0 Å². The first-order valence-corrected chi connectivity index (χ1v) is 4.88. The van der Waals surface area contributed by atoms with Crippen LogP contribution in [0.15, 0.2) is 0 Å². The van der Waals surface area contributed by atoms with Crippen LogP contribution in [0.1, 0.15) is 19.3 Å². The molecule has 0 aliphatic heterocycles. The minimum atomic E-state index is -1.67. The smallest absolute Gasteiger partial charge is 0.481 e. The van der Waals surface area contributed by atoms with Gasteiger partial charge >= 0.3 is 18.1 Å². The summed E-state index contributed by atoms with van der Waals surface area (Å²) in [5.41, 5.74) is 0. The molecule has 0 saturated carbocycles. The Hall–Kier alpha value is -1.71. The van der Waals surface area contributed by atoms with Gasteiger partial charge in [-0.15, -0.1) is 0 Å². The monoisotopic (exact) mass is 268 g/mol. The topological polar surface area (TPSA) is 162 Å². The highest BCUT2D eigenvalue weighted by atomic mass is 16.7. The van der Waals surface area contributed by atoms with E-state index >= 15 is 0 Å². The Bertz CT molecular complexity index is 259. The lowest BCUT2D eigenvalue weighted by Gasteiger charge is -1.96. The minimum absolute atomic E-state index is 0.0848. The molecular formula is C9H16O9. The third-order valence-electron chi connectivity index (χ3n) is 1.39. The molecule has 0 aliphatic rings. The van der Waals surface area contributed by atoms with Gasteiger partial charge in [-0.1, -0.05) is 0 Å². The molecule has 0 aliphatic carbocycles. The number of hydrogen-bond acceptors (Lipinski definition) is 7. The molecule has 0 heterocycles. The van der Waals surface area contributed by atoms with Gasteiger partial charge in [0.2, 0.25) is 0 Å². The van der Waals surface area contributed by atoms with Crippen molar-refractivity contribution in [2.75, 3.05) is 13.2 Å². The van der Waals surface area contributed by atoms with Gasteiger partial charge in [-0.3, -0.25) is 9.59 Å². The van der Waals surface area contributed by atoms with Crippen LogP contribution in [0.25, 0.3) is 0 Å². The van der Waals surface area contributed by atoms with E-state index in [0.717, 1.165) is 0 Å². The van der Waals surface area contributed by atoms with E-state index in [1.54, 1.807) is 0 Å². The van der Waals surface area contributed by atoms with Gasteiger partial charge in [0.15, 0.2) is 0 Å². The minimum Gasteiger partial charge on any atom is -0.481 e. The summed E-state index contributed by atoms with van der Waals surface area (Å²) in [5.74, 6) is -1.96. The van der Waals surface area contributed by atoms with Crippen molar-refractivity contribution in [3.05, 3.63) is 0 Å². The van der Waals surface area contributed by atoms with Crippen LogP contribution in [0.3, 0.4) is 0 Å². The zero-order valence-corrected chi connectivity index (χ0v) is 9.48. The molecule has 0 bridgehead atoms. The number of esters is 1. The van der Waals surface area contributed by atoms with Crippen molar-refractivity contribution < 1.29 is 44.7 Å². The number of hydrogen-bond donors (Lipinski definition) is 5. The van der Waals surface area contributed by atoms with Gasteiger partial charge in [-0.05, 0) is 6.42 Å². The summed E-state index contributed by atoms with van der Waals surface area (Å²) in [5, 5.41) is 40.1. The summed E-state index contributed by atoms with van der Waals surface area (Å²) < 4.78 is 3.72. The first-order chi connectivity index (χ1) is 8.33. The van der Waals surface area contributed by atoms with E-state index < -0.39 is 24.2 Å². The fourth-order valence-electron chi connectivity index (χ4n) is 0.590.